The molecule has 4 heterocycles. The molecule has 0 aromatic heterocycles. The van der Waals surface area contributed by atoms with E-state index in [1.165, 1.54) is 22.3 Å². The summed E-state index contributed by atoms with van der Waals surface area (Å²) in [5.74, 6) is 0.255. The highest BCUT2D eigenvalue weighted by Gasteiger charge is 2.75. The number of hydrogen-bond donors (Lipinski definition) is 3. The van der Waals surface area contributed by atoms with E-state index in [0.717, 1.165) is 5.56 Å². The summed E-state index contributed by atoms with van der Waals surface area (Å²) in [7, 11) is 0. The van der Waals surface area contributed by atoms with Crippen LogP contribution in [0.2, 0.25) is 0 Å². The number of ether oxygens (including phenoxy) is 1. The number of carbonyl (C=O) groups is 1. The first-order chi connectivity index (χ1) is 13.0. The summed E-state index contributed by atoms with van der Waals surface area (Å²) >= 11 is 1.27. The average molecular weight is 389 g/mol. The van der Waals surface area contributed by atoms with E-state index in [2.05, 4.69) is 10.6 Å². The normalized spacial score (nSPS) is 36.3. The summed E-state index contributed by atoms with van der Waals surface area (Å²) in [4.78, 5) is 12.9. The fraction of sp³-hybridized carbons (Fsp3) is 0.421. The molecule has 6 nitrogen and oxygen atoms in total. The second-order valence-corrected chi connectivity index (χ2v) is 8.30. The number of hydrogen-bond acceptors (Lipinski definition) is 6. The third kappa shape index (κ3) is 2.14. The molecular formula is C19H20FN3O3S. The van der Waals surface area contributed by atoms with Gasteiger partial charge in [-0.25, -0.2) is 13.5 Å². The number of nitrogens with zero attached hydrogens (tertiary/aromatic N) is 1. The van der Waals surface area contributed by atoms with Gasteiger partial charge in [0, 0.05) is 25.1 Å². The first-order valence-electron chi connectivity index (χ1n) is 8.98. The smallest absolute Gasteiger partial charge is 0.422 e. The SMILES string of the molecule is O=C(OCc1ccccc1)N1SCC23NCCC12NC1=CCC3(F)C=C1O. The number of allylic oxidation sites excluding steroid dienone is 1. The number of alkyl halides is 1. The average Bonchev–Trinajstić information content (AvgIpc) is 3.13. The van der Waals surface area contributed by atoms with E-state index in [1.54, 1.807) is 6.08 Å². The van der Waals surface area contributed by atoms with Gasteiger partial charge in [-0.1, -0.05) is 36.4 Å². The standard InChI is InChI=1S/C19H20FN3O3S/c20-17-7-6-14(15(24)10-17)22-19-8-9-21-18(17,19)12-27-23(19)16(25)26-11-13-4-2-1-3-5-13/h1-6,10,21-22,24H,7-9,11-12H2. The van der Waals surface area contributed by atoms with Crippen LogP contribution in [0.4, 0.5) is 9.18 Å². The molecule has 1 aromatic carbocycles. The maximum Gasteiger partial charge on any atom is 0.422 e. The van der Waals surface area contributed by atoms with Gasteiger partial charge in [0.15, 0.2) is 11.3 Å². The Morgan fingerprint density at radius 1 is 1.37 bits per heavy atom. The molecule has 3 N–H and O–H groups in total. The van der Waals surface area contributed by atoms with E-state index in [1.807, 2.05) is 30.3 Å². The Kier molecular flexibility index (Phi) is 3.55. The van der Waals surface area contributed by atoms with Crippen LogP contribution in [-0.4, -0.2) is 44.7 Å². The molecular weight excluding hydrogens is 369 g/mol. The number of aliphatic hydroxyl groups is 1. The number of rotatable bonds is 2. The highest BCUT2D eigenvalue weighted by Crippen LogP contribution is 2.58. The molecule has 1 aromatic rings. The zero-order valence-corrected chi connectivity index (χ0v) is 15.4. The molecule has 1 aliphatic carbocycles. The molecule has 142 valence electrons. The van der Waals surface area contributed by atoms with Crippen LogP contribution in [0.5, 0.6) is 0 Å². The molecule has 8 heteroatoms. The van der Waals surface area contributed by atoms with Gasteiger partial charge in [0.05, 0.1) is 5.70 Å². The third-order valence-corrected chi connectivity index (χ3v) is 7.32. The van der Waals surface area contributed by atoms with Gasteiger partial charge in [0.1, 0.15) is 17.9 Å². The fourth-order valence-corrected chi connectivity index (χ4v) is 6.27. The lowest BCUT2D eigenvalue weighted by molar-refractivity contribution is 0.0110. The molecule has 2 saturated heterocycles. The number of nitrogens with one attached hydrogen (secondary N) is 2. The van der Waals surface area contributed by atoms with Crippen LogP contribution in [0, 0.1) is 0 Å². The molecule has 2 fully saturated rings. The van der Waals surface area contributed by atoms with Crippen LogP contribution >= 0.6 is 11.9 Å². The van der Waals surface area contributed by atoms with Crippen molar-refractivity contribution in [3.8, 4) is 0 Å². The van der Waals surface area contributed by atoms with Gasteiger partial charge < -0.3 is 20.5 Å². The van der Waals surface area contributed by atoms with E-state index in [-0.39, 0.29) is 18.8 Å². The topological polar surface area (TPSA) is 73.8 Å². The van der Waals surface area contributed by atoms with Crippen LogP contribution in [0.1, 0.15) is 18.4 Å². The number of carbonyl (C=O) groups excluding carboxylic acids is 1. The molecule has 0 saturated carbocycles. The van der Waals surface area contributed by atoms with Crippen LogP contribution in [0.15, 0.2) is 53.9 Å². The largest absolute Gasteiger partial charge is 0.506 e. The Morgan fingerprint density at radius 2 is 2.19 bits per heavy atom. The molecule has 3 unspecified atom stereocenters. The summed E-state index contributed by atoms with van der Waals surface area (Å²) in [6.07, 6.45) is 3.12. The molecule has 2 bridgehead atoms. The highest BCUT2D eigenvalue weighted by molar-refractivity contribution is 7.97. The van der Waals surface area contributed by atoms with Crippen LogP contribution in [-0.2, 0) is 11.3 Å². The van der Waals surface area contributed by atoms with Crippen LogP contribution in [0.25, 0.3) is 0 Å². The predicted octanol–water partition coefficient (Wildman–Crippen LogP) is 2.76. The van der Waals surface area contributed by atoms with Crippen molar-refractivity contribution in [3.63, 3.8) is 0 Å². The van der Waals surface area contributed by atoms with Gasteiger partial charge >= 0.3 is 6.09 Å². The first kappa shape index (κ1) is 16.9. The number of amides is 1. The van der Waals surface area contributed by atoms with Crippen molar-refractivity contribution in [2.75, 3.05) is 12.3 Å². The summed E-state index contributed by atoms with van der Waals surface area (Å²) < 4.78 is 23.1. The zero-order valence-electron chi connectivity index (χ0n) is 14.6. The monoisotopic (exact) mass is 389 g/mol. The van der Waals surface area contributed by atoms with E-state index < -0.39 is 23.0 Å². The summed E-state index contributed by atoms with van der Waals surface area (Å²) in [6.45, 7) is 0.726. The van der Waals surface area contributed by atoms with Crippen molar-refractivity contribution in [1.29, 1.82) is 0 Å². The molecule has 6 rings (SSSR count). The van der Waals surface area contributed by atoms with Gasteiger partial charge in [0.2, 0.25) is 0 Å². The highest BCUT2D eigenvalue weighted by atomic mass is 32.2. The minimum absolute atomic E-state index is 0.108. The molecule has 3 atom stereocenters. The molecule has 1 amide bonds. The fourth-order valence-electron chi connectivity index (χ4n) is 4.69. The minimum Gasteiger partial charge on any atom is -0.506 e. The number of halogens is 1. The number of fused-ring (bicyclic) bond motifs is 1. The lowest BCUT2D eigenvalue weighted by Gasteiger charge is -2.46. The van der Waals surface area contributed by atoms with Crippen molar-refractivity contribution in [2.24, 2.45) is 0 Å². The molecule has 0 spiro atoms. The van der Waals surface area contributed by atoms with Crippen molar-refractivity contribution in [3.05, 3.63) is 59.5 Å². The Labute approximate surface area is 160 Å². The minimum atomic E-state index is -1.79. The second-order valence-electron chi connectivity index (χ2n) is 7.39. The van der Waals surface area contributed by atoms with Crippen molar-refractivity contribution in [1.82, 2.24) is 14.9 Å². The number of benzene rings is 1. The van der Waals surface area contributed by atoms with E-state index in [4.69, 9.17) is 4.74 Å². The van der Waals surface area contributed by atoms with Crippen molar-refractivity contribution >= 4 is 18.0 Å². The second kappa shape index (κ2) is 5.65. The van der Waals surface area contributed by atoms with Crippen LogP contribution in [0.3, 0.4) is 0 Å². The summed E-state index contributed by atoms with van der Waals surface area (Å²) in [5, 5.41) is 16.8. The molecule has 27 heavy (non-hydrogen) atoms. The van der Waals surface area contributed by atoms with E-state index >= 15 is 4.39 Å². The molecule has 0 radical (unpaired) electrons. The Hall–Kier alpha value is -2.19. The maximum absolute atomic E-state index is 16.1. The first-order valence-corrected chi connectivity index (χ1v) is 9.92. The third-order valence-electron chi connectivity index (χ3n) is 6.04. The Morgan fingerprint density at radius 3 is 2.96 bits per heavy atom. The maximum atomic E-state index is 16.1. The van der Waals surface area contributed by atoms with Gasteiger partial charge in [-0.05, 0) is 23.6 Å². The van der Waals surface area contributed by atoms with Crippen LogP contribution < -0.4 is 10.6 Å². The lowest BCUT2D eigenvalue weighted by Crippen LogP contribution is -2.73. The van der Waals surface area contributed by atoms with E-state index in [9.17, 15) is 9.90 Å². The lowest BCUT2D eigenvalue weighted by atomic mass is 9.72. The van der Waals surface area contributed by atoms with Crippen molar-refractivity contribution < 1.29 is 19.0 Å². The zero-order chi connectivity index (χ0) is 18.7. The van der Waals surface area contributed by atoms with E-state index in [0.29, 0.717) is 24.4 Å². The molecule has 4 aliphatic heterocycles. The van der Waals surface area contributed by atoms with Crippen molar-refractivity contribution in [2.45, 2.75) is 36.3 Å². The van der Waals surface area contributed by atoms with Gasteiger partial charge in [-0.15, -0.1) is 0 Å². The molecule has 5 aliphatic rings. The Balaban J connectivity index is 1.47. The van der Waals surface area contributed by atoms with Gasteiger partial charge in [-0.3, -0.25) is 0 Å². The number of aliphatic hydroxyl groups excluding tert-OH is 1. The summed E-state index contributed by atoms with van der Waals surface area (Å²) in [6, 6.07) is 9.45. The summed E-state index contributed by atoms with van der Waals surface area (Å²) in [5.41, 5.74) is -2.46. The predicted molar refractivity (Wildman–Crippen MR) is 99.4 cm³/mol. The van der Waals surface area contributed by atoms with Gasteiger partial charge in [-0.2, -0.15) is 0 Å². The quantitative estimate of drug-likeness (QED) is 0.676. The van der Waals surface area contributed by atoms with Gasteiger partial charge in [0.25, 0.3) is 0 Å². The Bertz CT molecular complexity index is 863.